The molecule has 4 nitrogen and oxygen atoms in total. The van der Waals surface area contributed by atoms with Gasteiger partial charge in [0.2, 0.25) is 5.91 Å². The Labute approximate surface area is 174 Å². The van der Waals surface area contributed by atoms with E-state index in [1.807, 2.05) is 31.2 Å². The first kappa shape index (κ1) is 19.8. The van der Waals surface area contributed by atoms with E-state index in [9.17, 15) is 9.59 Å². The van der Waals surface area contributed by atoms with Crippen LogP contribution in [0.4, 0.5) is 5.69 Å². The van der Waals surface area contributed by atoms with Gasteiger partial charge in [0.05, 0.1) is 5.03 Å². The zero-order chi connectivity index (χ0) is 20.1. The van der Waals surface area contributed by atoms with Gasteiger partial charge in [-0.25, -0.2) is 0 Å². The second-order valence-corrected chi connectivity index (χ2v) is 11.5. The normalized spacial score (nSPS) is 25.6. The Morgan fingerprint density at radius 1 is 1.32 bits per heavy atom. The van der Waals surface area contributed by atoms with Gasteiger partial charge in [-0.2, -0.15) is 0 Å². The lowest BCUT2D eigenvalue weighted by Crippen LogP contribution is -2.39. The van der Waals surface area contributed by atoms with E-state index >= 15 is 0 Å². The number of carbonyl (C=O) groups excluding carboxylic acids is 1. The fourth-order valence-electron chi connectivity index (χ4n) is 4.78. The van der Waals surface area contributed by atoms with Gasteiger partial charge in [0.1, 0.15) is 6.54 Å². The van der Waals surface area contributed by atoms with Crippen molar-refractivity contribution in [2.45, 2.75) is 69.2 Å². The number of thioether (sulfide) groups is 1. The maximum absolute atomic E-state index is 12.8. The number of carbonyl (C=O) groups is 1. The monoisotopic (exact) mass is 416 g/mol. The summed E-state index contributed by atoms with van der Waals surface area (Å²) in [6, 6.07) is 7.74. The van der Waals surface area contributed by atoms with Gasteiger partial charge in [0.25, 0.3) is 0 Å². The molecule has 1 amide bonds. The minimum absolute atomic E-state index is 0.00781. The fourth-order valence-corrected chi connectivity index (χ4v) is 7.59. The molecule has 1 fully saturated rings. The first-order valence-corrected chi connectivity index (χ1v) is 11.7. The minimum atomic E-state index is -0.147. The van der Waals surface area contributed by atoms with Crippen LogP contribution in [0.25, 0.3) is 0 Å². The third kappa shape index (κ3) is 3.69. The number of fused-ring (bicyclic) bond motifs is 3. The Bertz CT molecular complexity index is 960. The summed E-state index contributed by atoms with van der Waals surface area (Å²) in [6.45, 7) is 8.99. The lowest BCUT2D eigenvalue weighted by atomic mass is 9.69. The molecule has 28 heavy (non-hydrogen) atoms. The Morgan fingerprint density at radius 2 is 2.11 bits per heavy atom. The maximum atomic E-state index is 12.8. The number of hydrogen-bond acceptors (Lipinski definition) is 4. The summed E-state index contributed by atoms with van der Waals surface area (Å²) in [5, 5.41) is 3.96. The first-order valence-electron chi connectivity index (χ1n) is 10.0. The molecule has 0 spiro atoms. The fraction of sp³-hybridized carbons (Fsp3) is 0.545. The maximum Gasteiger partial charge on any atom is 0.308 e. The largest absolute Gasteiger partial charge is 0.325 e. The van der Waals surface area contributed by atoms with E-state index in [1.165, 1.54) is 29.1 Å². The molecule has 0 radical (unpaired) electrons. The van der Waals surface area contributed by atoms with Crippen LogP contribution in [0.3, 0.4) is 0 Å². The molecule has 3 atom stereocenters. The molecule has 1 aliphatic heterocycles. The zero-order valence-electron chi connectivity index (χ0n) is 17.0. The summed E-state index contributed by atoms with van der Waals surface area (Å²) in [5.41, 5.74) is 1.87. The van der Waals surface area contributed by atoms with Crippen molar-refractivity contribution in [1.82, 2.24) is 4.57 Å². The van der Waals surface area contributed by atoms with Crippen molar-refractivity contribution < 1.29 is 4.79 Å². The van der Waals surface area contributed by atoms with Crippen molar-refractivity contribution in [3.05, 3.63) is 44.4 Å². The highest BCUT2D eigenvalue weighted by molar-refractivity contribution is 8.00. The number of anilines is 1. The molecule has 6 heteroatoms. The van der Waals surface area contributed by atoms with Gasteiger partial charge in [0, 0.05) is 21.2 Å². The van der Waals surface area contributed by atoms with Gasteiger partial charge >= 0.3 is 4.87 Å². The summed E-state index contributed by atoms with van der Waals surface area (Å²) in [6.07, 6.45) is 3.65. The molecule has 0 bridgehead atoms. The molecule has 4 rings (SSSR count). The molecule has 1 saturated carbocycles. The molecule has 2 aromatic rings. The number of nitrogens with one attached hydrogen (secondary N) is 1. The summed E-state index contributed by atoms with van der Waals surface area (Å²) in [5.74, 6) is 1.61. The average molecular weight is 417 g/mol. The number of aryl methyl sites for hydroxylation is 1. The van der Waals surface area contributed by atoms with E-state index in [2.05, 4.69) is 26.1 Å². The Balaban J connectivity index is 1.62. The van der Waals surface area contributed by atoms with E-state index in [-0.39, 0.29) is 22.1 Å². The molecule has 1 aromatic heterocycles. The molecule has 3 unspecified atom stereocenters. The summed E-state index contributed by atoms with van der Waals surface area (Å²) < 4.78 is 1.78. The molecule has 0 saturated heterocycles. The van der Waals surface area contributed by atoms with Crippen LogP contribution in [0.5, 0.6) is 0 Å². The van der Waals surface area contributed by atoms with Gasteiger partial charge in [-0.15, -0.1) is 11.8 Å². The van der Waals surface area contributed by atoms with Crippen molar-refractivity contribution in [2.24, 2.45) is 11.8 Å². The average Bonchev–Trinajstić information content (AvgIpc) is 2.90. The van der Waals surface area contributed by atoms with Crippen LogP contribution in [0.1, 0.15) is 56.4 Å². The van der Waals surface area contributed by atoms with E-state index in [1.54, 1.807) is 16.3 Å². The van der Waals surface area contributed by atoms with Crippen molar-refractivity contribution >= 4 is 34.7 Å². The number of benzene rings is 1. The predicted molar refractivity (Wildman–Crippen MR) is 118 cm³/mol. The first-order chi connectivity index (χ1) is 13.2. The standard InChI is InChI=1S/C22H28N2O2S2/c1-13-6-5-7-15(10-13)23-18(25)12-24-20-19(27-21(24)26)16-11-14(2)8-9-17(16)22(3,4)28-20/h5-7,10,14,16-17H,8-9,11-12H2,1-4H3,(H,23,25). The molecule has 2 heterocycles. The van der Waals surface area contributed by atoms with Crippen molar-refractivity contribution in [1.29, 1.82) is 0 Å². The smallest absolute Gasteiger partial charge is 0.308 e. The zero-order valence-corrected chi connectivity index (χ0v) is 18.6. The second kappa shape index (κ2) is 7.38. The van der Waals surface area contributed by atoms with Gasteiger partial charge < -0.3 is 5.32 Å². The highest BCUT2D eigenvalue weighted by Gasteiger charge is 2.47. The number of hydrogen-bond donors (Lipinski definition) is 1. The van der Waals surface area contributed by atoms with E-state index in [0.717, 1.165) is 22.7 Å². The van der Waals surface area contributed by atoms with Crippen LogP contribution in [-0.2, 0) is 11.3 Å². The third-order valence-corrected chi connectivity index (χ3v) is 8.88. The summed E-state index contributed by atoms with van der Waals surface area (Å²) in [4.78, 5) is 26.7. The van der Waals surface area contributed by atoms with Crippen molar-refractivity contribution in [3.8, 4) is 0 Å². The van der Waals surface area contributed by atoms with Gasteiger partial charge in [-0.1, -0.05) is 50.7 Å². The Kier molecular flexibility index (Phi) is 5.21. The number of thiazole rings is 1. The highest BCUT2D eigenvalue weighted by Crippen LogP contribution is 2.58. The second-order valence-electron chi connectivity index (χ2n) is 8.88. The lowest BCUT2D eigenvalue weighted by molar-refractivity contribution is -0.116. The van der Waals surface area contributed by atoms with Gasteiger partial charge in [-0.05, 0) is 49.3 Å². The Morgan fingerprint density at radius 3 is 2.86 bits per heavy atom. The molecular formula is C22H28N2O2S2. The summed E-state index contributed by atoms with van der Waals surface area (Å²) in [7, 11) is 0. The number of aromatic nitrogens is 1. The van der Waals surface area contributed by atoms with Crippen LogP contribution in [0, 0.1) is 18.8 Å². The van der Waals surface area contributed by atoms with Crippen LogP contribution in [0.15, 0.2) is 34.1 Å². The number of nitrogens with zero attached hydrogens (tertiary/aromatic N) is 1. The topological polar surface area (TPSA) is 51.1 Å². The molecule has 150 valence electrons. The molecule has 1 aromatic carbocycles. The predicted octanol–water partition coefficient (Wildman–Crippen LogP) is 5.26. The van der Waals surface area contributed by atoms with Crippen molar-refractivity contribution in [2.75, 3.05) is 5.32 Å². The molecule has 1 aliphatic carbocycles. The van der Waals surface area contributed by atoms with E-state index in [4.69, 9.17) is 0 Å². The third-order valence-electron chi connectivity index (χ3n) is 6.18. The SMILES string of the molecule is Cc1cccc(NC(=O)Cn2c3c(sc2=O)C2CC(C)CCC2C(C)(C)S3)c1. The van der Waals surface area contributed by atoms with Gasteiger partial charge in [-0.3, -0.25) is 14.2 Å². The van der Waals surface area contributed by atoms with Crippen LogP contribution in [-0.4, -0.2) is 15.2 Å². The molecule has 2 aliphatic rings. The van der Waals surface area contributed by atoms with Crippen LogP contribution >= 0.6 is 23.1 Å². The summed E-state index contributed by atoms with van der Waals surface area (Å²) >= 11 is 3.16. The molecular weight excluding hydrogens is 388 g/mol. The Hall–Kier alpha value is -1.53. The van der Waals surface area contributed by atoms with Gasteiger partial charge in [0.15, 0.2) is 0 Å². The van der Waals surface area contributed by atoms with E-state index < -0.39 is 0 Å². The van der Waals surface area contributed by atoms with Crippen LogP contribution in [0.2, 0.25) is 0 Å². The van der Waals surface area contributed by atoms with Crippen molar-refractivity contribution in [3.63, 3.8) is 0 Å². The highest BCUT2D eigenvalue weighted by atomic mass is 32.2. The lowest BCUT2D eigenvalue weighted by Gasteiger charge is -2.47. The van der Waals surface area contributed by atoms with E-state index in [0.29, 0.717) is 17.8 Å². The molecule has 1 N–H and O–H groups in total. The number of rotatable bonds is 3. The van der Waals surface area contributed by atoms with Crippen LogP contribution < -0.4 is 10.2 Å². The number of amides is 1. The quantitative estimate of drug-likeness (QED) is 0.742. The minimum Gasteiger partial charge on any atom is -0.325 e.